The normalized spacial score (nSPS) is 16.6. The summed E-state index contributed by atoms with van der Waals surface area (Å²) in [6, 6.07) is 18.6. The molecule has 7 rings (SSSR count). The Labute approximate surface area is 233 Å². The van der Waals surface area contributed by atoms with E-state index >= 15 is 0 Å². The van der Waals surface area contributed by atoms with Crippen molar-refractivity contribution in [2.45, 2.75) is 6.54 Å². The van der Waals surface area contributed by atoms with Crippen molar-refractivity contribution in [3.63, 3.8) is 0 Å². The smallest absolute Gasteiger partial charge is 0.178 e. The van der Waals surface area contributed by atoms with Crippen LogP contribution < -0.4 is 15.1 Å². The van der Waals surface area contributed by atoms with Gasteiger partial charge in [0.2, 0.25) is 0 Å². The number of likely N-dealkylation sites (N-methyl/N-ethyl adjacent to an activating group) is 1. The van der Waals surface area contributed by atoms with Gasteiger partial charge < -0.3 is 24.8 Å². The minimum absolute atomic E-state index is 0.507. The number of fused-ring (bicyclic) bond motifs is 2. The number of ether oxygens (including phenoxy) is 1. The van der Waals surface area contributed by atoms with E-state index in [2.05, 4.69) is 51.3 Å². The molecular formula is C30H33N9O. The molecule has 10 nitrogen and oxygen atoms in total. The van der Waals surface area contributed by atoms with Gasteiger partial charge >= 0.3 is 0 Å². The molecule has 6 heterocycles. The van der Waals surface area contributed by atoms with Crippen LogP contribution in [0, 0.1) is 0 Å². The van der Waals surface area contributed by atoms with Gasteiger partial charge in [-0.05, 0) is 43.4 Å². The van der Waals surface area contributed by atoms with E-state index in [0.717, 1.165) is 90.1 Å². The van der Waals surface area contributed by atoms with E-state index in [1.54, 1.807) is 0 Å². The van der Waals surface area contributed by atoms with Gasteiger partial charge in [0.25, 0.3) is 0 Å². The van der Waals surface area contributed by atoms with Crippen molar-refractivity contribution in [3.05, 3.63) is 72.7 Å². The van der Waals surface area contributed by atoms with Crippen molar-refractivity contribution in [3.8, 4) is 11.3 Å². The van der Waals surface area contributed by atoms with Gasteiger partial charge in [0.15, 0.2) is 5.65 Å². The van der Waals surface area contributed by atoms with Crippen LogP contribution in [0.25, 0.3) is 27.8 Å². The van der Waals surface area contributed by atoms with Gasteiger partial charge in [-0.25, -0.2) is 19.5 Å². The molecule has 2 aliphatic heterocycles. The minimum Gasteiger partial charge on any atom is -0.378 e. The molecule has 4 aromatic heterocycles. The SMILES string of the molecule is CN1CCN(c2ccc(-c3c(CNc4ccc5ccccc5n4)nc4c(N5CCOCC5)ccnn34)cn2)CC1. The summed E-state index contributed by atoms with van der Waals surface area (Å²) in [4.78, 5) is 21.9. The van der Waals surface area contributed by atoms with Crippen molar-refractivity contribution in [1.29, 1.82) is 0 Å². The number of hydrogen-bond acceptors (Lipinski definition) is 9. The number of pyridine rings is 2. The Bertz CT molecular complexity index is 1620. The van der Waals surface area contributed by atoms with Gasteiger partial charge in [-0.2, -0.15) is 5.10 Å². The van der Waals surface area contributed by atoms with E-state index in [1.807, 2.05) is 47.2 Å². The lowest BCUT2D eigenvalue weighted by molar-refractivity contribution is 0.123. The first-order valence-corrected chi connectivity index (χ1v) is 13.9. The van der Waals surface area contributed by atoms with Crippen LogP contribution >= 0.6 is 0 Å². The molecule has 10 heteroatoms. The molecule has 204 valence electrons. The van der Waals surface area contributed by atoms with Gasteiger partial charge in [0.05, 0.1) is 48.5 Å². The first kappa shape index (κ1) is 24.7. The number of rotatable bonds is 6. The van der Waals surface area contributed by atoms with E-state index in [1.165, 1.54) is 0 Å². The van der Waals surface area contributed by atoms with E-state index < -0.39 is 0 Å². The second-order valence-electron chi connectivity index (χ2n) is 10.4. The molecular weight excluding hydrogens is 502 g/mol. The lowest BCUT2D eigenvalue weighted by atomic mass is 10.1. The number of morpholine rings is 1. The molecule has 1 N–H and O–H groups in total. The second-order valence-corrected chi connectivity index (χ2v) is 10.4. The molecule has 0 atom stereocenters. The fourth-order valence-corrected chi connectivity index (χ4v) is 5.53. The third kappa shape index (κ3) is 4.80. The molecule has 0 radical (unpaired) electrons. The fourth-order valence-electron chi connectivity index (χ4n) is 5.53. The van der Waals surface area contributed by atoms with E-state index in [4.69, 9.17) is 24.8 Å². The summed E-state index contributed by atoms with van der Waals surface area (Å²) in [6.07, 6.45) is 3.81. The average molecular weight is 536 g/mol. The quantitative estimate of drug-likeness (QED) is 0.351. The molecule has 0 aliphatic carbocycles. The van der Waals surface area contributed by atoms with Crippen molar-refractivity contribution in [2.75, 3.05) is 74.6 Å². The van der Waals surface area contributed by atoms with Gasteiger partial charge in [-0.15, -0.1) is 0 Å². The van der Waals surface area contributed by atoms with Crippen LogP contribution in [0.4, 0.5) is 17.3 Å². The summed E-state index contributed by atoms with van der Waals surface area (Å²) < 4.78 is 7.56. The summed E-state index contributed by atoms with van der Waals surface area (Å²) in [6.45, 7) is 7.65. The Kier molecular flexibility index (Phi) is 6.62. The summed E-state index contributed by atoms with van der Waals surface area (Å²) in [5.41, 5.74) is 5.69. The monoisotopic (exact) mass is 535 g/mol. The zero-order valence-corrected chi connectivity index (χ0v) is 22.7. The number of aromatic nitrogens is 5. The molecule has 40 heavy (non-hydrogen) atoms. The maximum atomic E-state index is 5.60. The molecule has 2 aliphatic rings. The number of nitrogens with zero attached hydrogens (tertiary/aromatic N) is 8. The Morgan fingerprint density at radius 2 is 1.70 bits per heavy atom. The molecule has 0 spiro atoms. The average Bonchev–Trinajstić information content (AvgIpc) is 3.39. The summed E-state index contributed by atoms with van der Waals surface area (Å²) >= 11 is 0. The fraction of sp³-hybridized carbons (Fsp3) is 0.333. The summed E-state index contributed by atoms with van der Waals surface area (Å²) in [7, 11) is 2.17. The molecule has 2 saturated heterocycles. The van der Waals surface area contributed by atoms with Gasteiger partial charge in [0, 0.05) is 56.4 Å². The van der Waals surface area contributed by atoms with Crippen molar-refractivity contribution < 1.29 is 4.74 Å². The van der Waals surface area contributed by atoms with Gasteiger partial charge in [-0.1, -0.05) is 18.2 Å². The summed E-state index contributed by atoms with van der Waals surface area (Å²) in [5.74, 6) is 1.82. The maximum Gasteiger partial charge on any atom is 0.178 e. The topological polar surface area (TPSA) is 87.0 Å². The van der Waals surface area contributed by atoms with Gasteiger partial charge in [0.1, 0.15) is 11.6 Å². The highest BCUT2D eigenvalue weighted by Gasteiger charge is 2.22. The second kappa shape index (κ2) is 10.7. The molecule has 5 aromatic rings. The Morgan fingerprint density at radius 3 is 2.52 bits per heavy atom. The standard InChI is InChI=1S/C30H33N9O/c1-36-12-14-38(15-13-36)28-9-7-23(20-32-28)29-25(21-31-27-8-6-22-4-2-3-5-24(22)34-27)35-30-26(10-11-33-39(29)30)37-16-18-40-19-17-37/h2-11,20H,12-19,21H2,1H3,(H,31,34). The van der Waals surface area contributed by atoms with Crippen LogP contribution in [-0.4, -0.2) is 89.0 Å². The Morgan fingerprint density at radius 1 is 0.850 bits per heavy atom. The third-order valence-corrected chi connectivity index (χ3v) is 7.81. The molecule has 0 saturated carbocycles. The first-order valence-electron chi connectivity index (χ1n) is 13.9. The van der Waals surface area contributed by atoms with Crippen LogP contribution in [0.15, 0.2) is 67.0 Å². The van der Waals surface area contributed by atoms with E-state index in [-0.39, 0.29) is 0 Å². The number of hydrogen-bond donors (Lipinski definition) is 1. The first-order chi connectivity index (χ1) is 19.7. The number of benzene rings is 1. The molecule has 1 aromatic carbocycles. The predicted molar refractivity (Wildman–Crippen MR) is 158 cm³/mol. The van der Waals surface area contributed by atoms with E-state index in [0.29, 0.717) is 19.8 Å². The molecule has 0 bridgehead atoms. The highest BCUT2D eigenvalue weighted by Crippen LogP contribution is 2.31. The number of para-hydroxylation sites is 1. The number of piperazine rings is 1. The lowest BCUT2D eigenvalue weighted by Crippen LogP contribution is -2.44. The molecule has 0 unspecified atom stereocenters. The maximum absolute atomic E-state index is 5.60. The number of anilines is 3. The van der Waals surface area contributed by atoms with E-state index in [9.17, 15) is 0 Å². The number of imidazole rings is 1. The van der Waals surface area contributed by atoms with Crippen LogP contribution in [0.2, 0.25) is 0 Å². The highest BCUT2D eigenvalue weighted by atomic mass is 16.5. The summed E-state index contributed by atoms with van der Waals surface area (Å²) in [5, 5.41) is 9.39. The molecule has 2 fully saturated rings. The minimum atomic E-state index is 0.507. The Balaban J connectivity index is 1.25. The predicted octanol–water partition coefficient (Wildman–Crippen LogP) is 3.54. The van der Waals surface area contributed by atoms with Crippen LogP contribution in [0.1, 0.15) is 5.69 Å². The van der Waals surface area contributed by atoms with Crippen LogP contribution in [0.5, 0.6) is 0 Å². The van der Waals surface area contributed by atoms with Crippen molar-refractivity contribution in [2.24, 2.45) is 0 Å². The number of nitrogens with one attached hydrogen (secondary N) is 1. The lowest BCUT2D eigenvalue weighted by Gasteiger charge is -2.33. The third-order valence-electron chi connectivity index (χ3n) is 7.81. The zero-order chi connectivity index (χ0) is 26.9. The van der Waals surface area contributed by atoms with Gasteiger partial charge in [-0.3, -0.25) is 0 Å². The van der Waals surface area contributed by atoms with Crippen molar-refractivity contribution in [1.82, 2.24) is 29.5 Å². The molecule has 0 amide bonds. The zero-order valence-electron chi connectivity index (χ0n) is 22.7. The van der Waals surface area contributed by atoms with Crippen LogP contribution in [0.3, 0.4) is 0 Å². The highest BCUT2D eigenvalue weighted by molar-refractivity contribution is 5.80. The van der Waals surface area contributed by atoms with Crippen molar-refractivity contribution >= 4 is 33.9 Å². The largest absolute Gasteiger partial charge is 0.378 e. The van der Waals surface area contributed by atoms with Crippen LogP contribution in [-0.2, 0) is 11.3 Å². The Hall–Kier alpha value is -4.28.